The van der Waals surface area contributed by atoms with Crippen molar-refractivity contribution in [1.82, 2.24) is 9.97 Å². The molecule has 1 heterocycles. The van der Waals surface area contributed by atoms with Crippen LogP contribution in [0.4, 0.5) is 13.2 Å². The van der Waals surface area contributed by atoms with Gasteiger partial charge in [-0.3, -0.25) is 0 Å². The minimum absolute atomic E-state index is 0.319. The molecule has 0 N–H and O–H groups in total. The van der Waals surface area contributed by atoms with Crippen LogP contribution in [-0.4, -0.2) is 9.97 Å². The van der Waals surface area contributed by atoms with Crippen molar-refractivity contribution in [2.75, 3.05) is 0 Å². The molecule has 0 amide bonds. The second-order valence-corrected chi connectivity index (χ2v) is 10.2. The van der Waals surface area contributed by atoms with Gasteiger partial charge in [0.05, 0.1) is 16.6 Å². The lowest BCUT2D eigenvalue weighted by atomic mass is 10.0. The van der Waals surface area contributed by atoms with Crippen LogP contribution in [0, 0.1) is 29.8 Å². The Labute approximate surface area is 241 Å². The van der Waals surface area contributed by atoms with Crippen molar-refractivity contribution in [1.29, 1.82) is 10.5 Å². The van der Waals surface area contributed by atoms with E-state index in [4.69, 9.17) is 9.97 Å². The fourth-order valence-electron chi connectivity index (χ4n) is 5.57. The number of hydrogen-bond donors (Lipinski definition) is 0. The zero-order valence-electron chi connectivity index (χ0n) is 22.4. The Morgan fingerprint density at radius 2 is 0.977 bits per heavy atom. The van der Waals surface area contributed by atoms with Gasteiger partial charge in [0.15, 0.2) is 0 Å². The van der Waals surface area contributed by atoms with Crippen LogP contribution in [0.25, 0.3) is 65.9 Å². The van der Waals surface area contributed by atoms with E-state index in [1.54, 1.807) is 18.2 Å². The molecule has 0 spiro atoms. The normalized spacial score (nSPS) is 12.9. The molecule has 0 aliphatic carbocycles. The Morgan fingerprint density at radius 1 is 0.558 bits per heavy atom. The summed E-state index contributed by atoms with van der Waals surface area (Å²) in [6.45, 7) is 2.02. The Hall–Kier alpha value is -5.93. The smallest absolute Gasteiger partial charge is 0.241 e. The van der Waals surface area contributed by atoms with Crippen molar-refractivity contribution >= 4 is 43.6 Å². The molecule has 7 rings (SSSR count). The van der Waals surface area contributed by atoms with Crippen LogP contribution >= 0.6 is 0 Å². The average molecular weight is 567 g/mol. The Bertz CT molecular complexity index is 2450. The number of benzene rings is 4. The van der Waals surface area contributed by atoms with E-state index in [0.717, 1.165) is 39.6 Å². The molecule has 0 saturated carbocycles. The van der Waals surface area contributed by atoms with Crippen molar-refractivity contribution in [2.24, 2.45) is 9.98 Å². The van der Waals surface area contributed by atoms with Gasteiger partial charge in [0.2, 0.25) is 12.4 Å². The number of aryl methyl sites for hydroxylation is 1. The van der Waals surface area contributed by atoms with E-state index in [1.165, 1.54) is 12.1 Å². The van der Waals surface area contributed by atoms with Crippen LogP contribution < -0.4 is 10.7 Å². The number of alkyl halides is 3. The average Bonchev–Trinajstić information content (AvgIpc) is 3.47. The fourth-order valence-corrected chi connectivity index (χ4v) is 5.57. The number of fused-ring (bicyclic) bond motifs is 6. The van der Waals surface area contributed by atoms with Gasteiger partial charge in [0.25, 0.3) is 0 Å². The number of aromatic nitrogens is 2. The number of hydrogen-bond acceptors (Lipinski definition) is 6. The molecule has 0 aliphatic rings. The van der Waals surface area contributed by atoms with Gasteiger partial charge < -0.3 is 0 Å². The molecule has 0 unspecified atom stereocenters. The first-order valence-electron chi connectivity index (χ1n) is 13.2. The molecule has 0 saturated heterocycles. The molecule has 6 aromatic carbocycles. The molecule has 1 aromatic heterocycles. The largest absolute Gasteiger partial charge is 0.416 e. The second kappa shape index (κ2) is 9.57. The highest BCUT2D eigenvalue weighted by Gasteiger charge is 2.30. The van der Waals surface area contributed by atoms with Crippen LogP contribution in [0.1, 0.15) is 11.1 Å². The first kappa shape index (κ1) is 26.0. The highest BCUT2D eigenvalue weighted by atomic mass is 19.4. The minimum atomic E-state index is -4.43. The summed E-state index contributed by atoms with van der Waals surface area (Å²) >= 11 is 0. The van der Waals surface area contributed by atoms with Gasteiger partial charge in [-0.25, -0.2) is 9.97 Å². The van der Waals surface area contributed by atoms with E-state index in [1.807, 2.05) is 61.8 Å². The van der Waals surface area contributed by atoms with Crippen LogP contribution in [0.2, 0.25) is 0 Å². The first-order valence-corrected chi connectivity index (χ1v) is 13.2. The highest BCUT2D eigenvalue weighted by molar-refractivity contribution is 6.15. The quantitative estimate of drug-likeness (QED) is 0.204. The van der Waals surface area contributed by atoms with Crippen molar-refractivity contribution in [2.45, 2.75) is 13.1 Å². The molecule has 6 nitrogen and oxygen atoms in total. The Kier molecular flexibility index (Phi) is 5.79. The van der Waals surface area contributed by atoms with Gasteiger partial charge in [-0.1, -0.05) is 66.2 Å². The number of nitrogens with zero attached hydrogens (tertiary/aromatic N) is 6. The maximum atomic E-state index is 13.1. The second-order valence-electron chi connectivity index (χ2n) is 10.2. The highest BCUT2D eigenvalue weighted by Crippen LogP contribution is 2.34. The lowest BCUT2D eigenvalue weighted by Gasteiger charge is -2.08. The van der Waals surface area contributed by atoms with Crippen molar-refractivity contribution in [3.8, 4) is 34.6 Å². The van der Waals surface area contributed by atoms with Gasteiger partial charge >= 0.3 is 6.18 Å². The standard InChI is InChI=1S/C34H17F3N6/c1-18-2-4-19(5-3-18)21-8-12-24-26(14-21)28(40-16-38)32-30(24)42-33-29(41-17-39)27-15-22(9-13-25(27)31(33)43-32)20-6-10-23(11-7-20)34(35,36)37/h2-15H,1H3/b40-28+,41-29+. The third kappa shape index (κ3) is 4.18. The van der Waals surface area contributed by atoms with Crippen LogP contribution in [0.15, 0.2) is 94.9 Å². The van der Waals surface area contributed by atoms with Gasteiger partial charge in [-0.05, 0) is 53.4 Å². The topological polar surface area (TPSA) is 98.1 Å². The van der Waals surface area contributed by atoms with Crippen molar-refractivity contribution in [3.05, 3.63) is 107 Å². The molecule has 0 atom stereocenters. The van der Waals surface area contributed by atoms with Crippen LogP contribution in [0.5, 0.6) is 0 Å². The maximum absolute atomic E-state index is 13.1. The zero-order chi connectivity index (χ0) is 29.9. The van der Waals surface area contributed by atoms with E-state index < -0.39 is 11.7 Å². The maximum Gasteiger partial charge on any atom is 0.416 e. The summed E-state index contributed by atoms with van der Waals surface area (Å²) in [5.74, 6) is 0. The Morgan fingerprint density at radius 3 is 1.40 bits per heavy atom. The van der Waals surface area contributed by atoms with Crippen LogP contribution in [-0.2, 0) is 6.18 Å². The van der Waals surface area contributed by atoms with Gasteiger partial charge in [0.1, 0.15) is 21.7 Å². The molecule has 9 heteroatoms. The van der Waals surface area contributed by atoms with Gasteiger partial charge in [0, 0.05) is 21.5 Å². The van der Waals surface area contributed by atoms with Crippen molar-refractivity contribution < 1.29 is 13.2 Å². The summed E-state index contributed by atoms with van der Waals surface area (Å²) in [5, 5.41) is 22.6. The predicted octanol–water partition coefficient (Wildman–Crippen LogP) is 7.39. The third-order valence-electron chi connectivity index (χ3n) is 7.66. The first-order chi connectivity index (χ1) is 20.8. The predicted molar refractivity (Wildman–Crippen MR) is 157 cm³/mol. The third-order valence-corrected chi connectivity index (χ3v) is 7.66. The molecular weight excluding hydrogens is 549 g/mol. The molecular formula is C34H17F3N6. The molecule has 0 bridgehead atoms. The summed E-state index contributed by atoms with van der Waals surface area (Å²) < 4.78 is 39.2. The number of nitriles is 2. The monoisotopic (exact) mass is 566 g/mol. The summed E-state index contributed by atoms with van der Waals surface area (Å²) in [6.07, 6.45) is -0.689. The summed E-state index contributed by atoms with van der Waals surface area (Å²) in [6, 6.07) is 24.2. The Balaban J connectivity index is 1.48. The van der Waals surface area contributed by atoms with E-state index in [2.05, 4.69) is 9.98 Å². The summed E-state index contributed by atoms with van der Waals surface area (Å²) in [7, 11) is 0. The minimum Gasteiger partial charge on any atom is -0.241 e. The lowest BCUT2D eigenvalue weighted by molar-refractivity contribution is -0.137. The van der Waals surface area contributed by atoms with E-state index >= 15 is 0 Å². The van der Waals surface area contributed by atoms with E-state index in [-0.39, 0.29) is 0 Å². The van der Waals surface area contributed by atoms with Gasteiger partial charge in [-0.2, -0.15) is 33.7 Å². The van der Waals surface area contributed by atoms with E-state index in [9.17, 15) is 23.7 Å². The molecule has 0 fully saturated rings. The zero-order valence-corrected chi connectivity index (χ0v) is 22.4. The fraction of sp³-hybridized carbons (Fsp3) is 0.0588. The molecule has 7 aromatic rings. The number of rotatable bonds is 2. The van der Waals surface area contributed by atoms with E-state index in [0.29, 0.717) is 54.7 Å². The molecule has 0 aliphatic heterocycles. The SMILES string of the molecule is Cc1ccc(-c2ccc3c(c2)/c(=N\C#N)c2nc4c(nc23)/c(=N/C#N)c2cc(-c3ccc(C(F)(F)F)cc3)ccc24)cc1. The summed E-state index contributed by atoms with van der Waals surface area (Å²) in [5.41, 5.74) is 5.49. The molecule has 0 radical (unpaired) electrons. The van der Waals surface area contributed by atoms with Crippen LogP contribution in [0.3, 0.4) is 0 Å². The summed E-state index contributed by atoms with van der Waals surface area (Å²) in [4.78, 5) is 18.0. The van der Waals surface area contributed by atoms with Crippen molar-refractivity contribution in [3.63, 3.8) is 0 Å². The molecule has 43 heavy (non-hydrogen) atoms. The molecule has 204 valence electrons. The number of halogens is 3. The van der Waals surface area contributed by atoms with Gasteiger partial charge in [-0.15, -0.1) is 0 Å². The lowest BCUT2D eigenvalue weighted by Crippen LogP contribution is -2.04.